The van der Waals surface area contributed by atoms with Crippen LogP contribution in [0.5, 0.6) is 0 Å². The summed E-state index contributed by atoms with van der Waals surface area (Å²) in [5, 5.41) is 3.01. The van der Waals surface area contributed by atoms with Crippen molar-refractivity contribution in [2.75, 3.05) is 32.7 Å². The highest BCUT2D eigenvalue weighted by atomic mass is 16.2. The average molecular weight is 275 g/mol. The molecule has 1 fully saturated rings. The summed E-state index contributed by atoms with van der Waals surface area (Å²) in [6, 6.07) is 8.31. The van der Waals surface area contributed by atoms with Gasteiger partial charge in [0.25, 0.3) is 0 Å². The number of nitrogens with one attached hydrogen (secondary N) is 1. The van der Waals surface area contributed by atoms with E-state index in [-0.39, 0.29) is 6.03 Å². The van der Waals surface area contributed by atoms with Gasteiger partial charge in [0.1, 0.15) is 0 Å². The average Bonchev–Trinajstić information content (AvgIpc) is 2.46. The Morgan fingerprint density at radius 1 is 1.25 bits per heavy atom. The van der Waals surface area contributed by atoms with Gasteiger partial charge in [-0.1, -0.05) is 36.8 Å². The Morgan fingerprint density at radius 2 is 2.00 bits per heavy atom. The number of piperazine rings is 1. The van der Waals surface area contributed by atoms with Crippen LogP contribution < -0.4 is 5.32 Å². The quantitative estimate of drug-likeness (QED) is 0.914. The van der Waals surface area contributed by atoms with Gasteiger partial charge in [-0.3, -0.25) is 4.90 Å². The monoisotopic (exact) mass is 275 g/mol. The topological polar surface area (TPSA) is 35.6 Å². The molecule has 0 atom stereocenters. The van der Waals surface area contributed by atoms with Crippen molar-refractivity contribution in [2.45, 2.75) is 26.8 Å². The second kappa shape index (κ2) is 7.29. The molecule has 0 spiro atoms. The fourth-order valence-corrected chi connectivity index (χ4v) is 2.60. The molecule has 1 aliphatic heterocycles. The summed E-state index contributed by atoms with van der Waals surface area (Å²) < 4.78 is 0. The van der Waals surface area contributed by atoms with E-state index in [1.54, 1.807) is 0 Å². The maximum Gasteiger partial charge on any atom is 0.317 e. The van der Waals surface area contributed by atoms with E-state index >= 15 is 0 Å². The molecule has 1 aromatic rings. The summed E-state index contributed by atoms with van der Waals surface area (Å²) in [6.07, 6.45) is 1.18. The standard InChI is InChI=1S/C16H25N3O/c1-3-7-18-8-10-19(11-9-18)16(20)17-13-15-6-4-5-14(2)12-15/h4-6,12H,3,7-11,13H2,1-2H3,(H,17,20). The number of aryl methyl sites for hydroxylation is 1. The first-order valence-corrected chi connectivity index (χ1v) is 7.49. The van der Waals surface area contributed by atoms with Crippen LogP contribution in [0.1, 0.15) is 24.5 Å². The minimum Gasteiger partial charge on any atom is -0.334 e. The van der Waals surface area contributed by atoms with E-state index in [4.69, 9.17) is 0 Å². The predicted molar refractivity (Wildman–Crippen MR) is 81.7 cm³/mol. The van der Waals surface area contributed by atoms with Gasteiger partial charge in [0.15, 0.2) is 0 Å². The minimum absolute atomic E-state index is 0.0580. The molecule has 1 saturated heterocycles. The molecule has 0 aromatic heterocycles. The van der Waals surface area contributed by atoms with Gasteiger partial charge in [0.2, 0.25) is 0 Å². The molecule has 2 amide bonds. The summed E-state index contributed by atoms with van der Waals surface area (Å²) in [4.78, 5) is 16.5. The zero-order valence-electron chi connectivity index (χ0n) is 12.6. The van der Waals surface area contributed by atoms with Crippen molar-refractivity contribution in [3.63, 3.8) is 0 Å². The molecule has 2 rings (SSSR count). The molecule has 20 heavy (non-hydrogen) atoms. The molecular formula is C16H25N3O. The molecule has 4 heteroatoms. The van der Waals surface area contributed by atoms with E-state index in [0.29, 0.717) is 6.54 Å². The Kier molecular flexibility index (Phi) is 5.41. The van der Waals surface area contributed by atoms with E-state index in [1.807, 2.05) is 17.0 Å². The highest BCUT2D eigenvalue weighted by Crippen LogP contribution is 2.05. The lowest BCUT2D eigenvalue weighted by Crippen LogP contribution is -2.51. The largest absolute Gasteiger partial charge is 0.334 e. The maximum absolute atomic E-state index is 12.1. The summed E-state index contributed by atoms with van der Waals surface area (Å²) >= 11 is 0. The number of hydrogen-bond acceptors (Lipinski definition) is 2. The second-order valence-electron chi connectivity index (χ2n) is 5.48. The van der Waals surface area contributed by atoms with Gasteiger partial charge in [-0.15, -0.1) is 0 Å². The molecule has 1 N–H and O–H groups in total. The fourth-order valence-electron chi connectivity index (χ4n) is 2.60. The maximum atomic E-state index is 12.1. The van der Waals surface area contributed by atoms with E-state index in [1.165, 1.54) is 12.0 Å². The van der Waals surface area contributed by atoms with Gasteiger partial charge >= 0.3 is 6.03 Å². The summed E-state index contributed by atoms with van der Waals surface area (Å²) in [5.74, 6) is 0. The Hall–Kier alpha value is -1.55. The number of nitrogens with zero attached hydrogens (tertiary/aromatic N) is 2. The zero-order valence-corrected chi connectivity index (χ0v) is 12.6. The number of carbonyl (C=O) groups excluding carboxylic acids is 1. The molecule has 1 heterocycles. The molecule has 1 aliphatic rings. The molecule has 1 aromatic carbocycles. The molecule has 110 valence electrons. The molecule has 4 nitrogen and oxygen atoms in total. The summed E-state index contributed by atoms with van der Waals surface area (Å²) in [6.45, 7) is 9.66. The summed E-state index contributed by atoms with van der Waals surface area (Å²) in [5.41, 5.74) is 2.38. The zero-order chi connectivity index (χ0) is 14.4. The number of hydrogen-bond donors (Lipinski definition) is 1. The van der Waals surface area contributed by atoms with Crippen molar-refractivity contribution in [1.82, 2.24) is 15.1 Å². The molecule has 0 radical (unpaired) electrons. The van der Waals surface area contributed by atoms with Crippen molar-refractivity contribution in [2.24, 2.45) is 0 Å². The van der Waals surface area contributed by atoms with E-state index < -0.39 is 0 Å². The van der Waals surface area contributed by atoms with E-state index in [2.05, 4.69) is 36.2 Å². The number of carbonyl (C=O) groups is 1. The van der Waals surface area contributed by atoms with Crippen LogP contribution in [0.25, 0.3) is 0 Å². The van der Waals surface area contributed by atoms with Crippen LogP contribution in [0.15, 0.2) is 24.3 Å². The van der Waals surface area contributed by atoms with Crippen LogP contribution in [-0.2, 0) is 6.54 Å². The third-order valence-electron chi connectivity index (χ3n) is 3.73. The van der Waals surface area contributed by atoms with Gasteiger partial charge in [-0.25, -0.2) is 4.79 Å². The SMILES string of the molecule is CCCN1CCN(C(=O)NCc2cccc(C)c2)CC1. The lowest BCUT2D eigenvalue weighted by Gasteiger charge is -2.34. The minimum atomic E-state index is 0.0580. The molecular weight excluding hydrogens is 250 g/mol. The lowest BCUT2D eigenvalue weighted by molar-refractivity contribution is 0.139. The summed E-state index contributed by atoms with van der Waals surface area (Å²) in [7, 11) is 0. The van der Waals surface area contributed by atoms with Crippen LogP contribution in [0, 0.1) is 6.92 Å². The van der Waals surface area contributed by atoms with Gasteiger partial charge in [-0.05, 0) is 25.5 Å². The third kappa shape index (κ3) is 4.23. The number of amides is 2. The lowest BCUT2D eigenvalue weighted by atomic mass is 10.1. The Morgan fingerprint density at radius 3 is 2.65 bits per heavy atom. The van der Waals surface area contributed by atoms with Gasteiger partial charge in [0, 0.05) is 32.7 Å². The van der Waals surface area contributed by atoms with Crippen molar-refractivity contribution < 1.29 is 4.79 Å². The van der Waals surface area contributed by atoms with Gasteiger partial charge in [-0.2, -0.15) is 0 Å². The molecule has 0 bridgehead atoms. The number of urea groups is 1. The smallest absolute Gasteiger partial charge is 0.317 e. The van der Waals surface area contributed by atoms with Crippen LogP contribution in [0.4, 0.5) is 4.79 Å². The molecule has 0 saturated carbocycles. The number of rotatable bonds is 4. The Balaban J connectivity index is 1.76. The fraction of sp³-hybridized carbons (Fsp3) is 0.562. The Bertz CT molecular complexity index is 439. The van der Waals surface area contributed by atoms with Crippen LogP contribution in [-0.4, -0.2) is 48.6 Å². The van der Waals surface area contributed by atoms with Crippen molar-refractivity contribution in [3.8, 4) is 0 Å². The van der Waals surface area contributed by atoms with Crippen molar-refractivity contribution >= 4 is 6.03 Å². The first-order chi connectivity index (χ1) is 9.69. The third-order valence-corrected chi connectivity index (χ3v) is 3.73. The van der Waals surface area contributed by atoms with Crippen LogP contribution >= 0.6 is 0 Å². The second-order valence-corrected chi connectivity index (χ2v) is 5.48. The van der Waals surface area contributed by atoms with Crippen molar-refractivity contribution in [3.05, 3.63) is 35.4 Å². The van der Waals surface area contributed by atoms with Crippen LogP contribution in [0.2, 0.25) is 0 Å². The highest BCUT2D eigenvalue weighted by molar-refractivity contribution is 5.74. The molecule has 0 aliphatic carbocycles. The molecule has 0 unspecified atom stereocenters. The predicted octanol–water partition coefficient (Wildman–Crippen LogP) is 2.23. The first-order valence-electron chi connectivity index (χ1n) is 7.49. The number of benzene rings is 1. The van der Waals surface area contributed by atoms with Gasteiger partial charge < -0.3 is 10.2 Å². The van der Waals surface area contributed by atoms with E-state index in [9.17, 15) is 4.79 Å². The normalized spacial score (nSPS) is 16.2. The first kappa shape index (κ1) is 14.9. The van der Waals surface area contributed by atoms with Gasteiger partial charge in [0.05, 0.1) is 0 Å². The van der Waals surface area contributed by atoms with E-state index in [0.717, 1.165) is 38.3 Å². The Labute approximate surface area is 121 Å². The van der Waals surface area contributed by atoms with Crippen molar-refractivity contribution in [1.29, 1.82) is 0 Å². The highest BCUT2D eigenvalue weighted by Gasteiger charge is 2.19. The van der Waals surface area contributed by atoms with Crippen LogP contribution in [0.3, 0.4) is 0 Å².